The van der Waals surface area contributed by atoms with Crippen LogP contribution in [0.5, 0.6) is 17.2 Å². The molecule has 0 fully saturated rings. The highest BCUT2D eigenvalue weighted by Gasteiger charge is 2.16. The van der Waals surface area contributed by atoms with E-state index in [0.29, 0.717) is 11.5 Å². The maximum absolute atomic E-state index is 13.8. The molecule has 0 heterocycles. The zero-order valence-corrected chi connectivity index (χ0v) is 12.4. The monoisotopic (exact) mass is 290 g/mol. The Morgan fingerprint density at radius 3 is 2.52 bits per heavy atom. The van der Waals surface area contributed by atoms with E-state index >= 15 is 0 Å². The summed E-state index contributed by atoms with van der Waals surface area (Å²) in [6, 6.07) is 10.1. The number of aliphatic hydroxyl groups is 1. The lowest BCUT2D eigenvalue weighted by Gasteiger charge is -2.16. The van der Waals surface area contributed by atoms with Crippen molar-refractivity contribution in [1.29, 1.82) is 0 Å². The molecule has 0 amide bonds. The van der Waals surface area contributed by atoms with Crippen LogP contribution >= 0.6 is 0 Å². The lowest BCUT2D eigenvalue weighted by molar-refractivity contribution is 0.190. The van der Waals surface area contributed by atoms with Crippen molar-refractivity contribution < 1.29 is 19.0 Å². The predicted molar refractivity (Wildman–Crippen MR) is 79.5 cm³/mol. The van der Waals surface area contributed by atoms with Gasteiger partial charge in [0, 0.05) is 0 Å². The summed E-state index contributed by atoms with van der Waals surface area (Å²) in [5, 5.41) is 9.72. The second-order valence-corrected chi connectivity index (χ2v) is 4.77. The van der Waals surface area contributed by atoms with Crippen molar-refractivity contribution >= 4 is 0 Å². The first-order chi connectivity index (χ1) is 10.1. The van der Waals surface area contributed by atoms with Gasteiger partial charge >= 0.3 is 0 Å². The van der Waals surface area contributed by atoms with Crippen LogP contribution in [0.25, 0.3) is 0 Å². The number of hydrogen-bond donors (Lipinski definition) is 1. The van der Waals surface area contributed by atoms with Crippen LogP contribution in [0, 0.1) is 5.82 Å². The zero-order valence-electron chi connectivity index (χ0n) is 12.4. The van der Waals surface area contributed by atoms with Crippen molar-refractivity contribution in [3.63, 3.8) is 0 Å². The Morgan fingerprint density at radius 1 is 1.14 bits per heavy atom. The van der Waals surface area contributed by atoms with Gasteiger partial charge in [-0.05, 0) is 43.2 Å². The van der Waals surface area contributed by atoms with Crippen LogP contribution < -0.4 is 9.47 Å². The number of methoxy groups -OCH3 is 1. The van der Waals surface area contributed by atoms with Crippen molar-refractivity contribution in [2.45, 2.75) is 26.4 Å². The molecule has 1 N–H and O–H groups in total. The molecule has 2 rings (SSSR count). The van der Waals surface area contributed by atoms with Gasteiger partial charge < -0.3 is 14.6 Å². The van der Waals surface area contributed by atoms with Gasteiger partial charge in [-0.2, -0.15) is 0 Å². The largest absolute Gasteiger partial charge is 0.493 e. The van der Waals surface area contributed by atoms with Gasteiger partial charge in [0.15, 0.2) is 11.5 Å². The first kappa shape index (κ1) is 15.3. The molecule has 0 aliphatic rings. The van der Waals surface area contributed by atoms with Gasteiger partial charge in [-0.15, -0.1) is 0 Å². The SMILES string of the molecule is CCc1ccc(Oc2cccc(F)c2C(C)O)c(OC)c1. The highest BCUT2D eigenvalue weighted by atomic mass is 19.1. The first-order valence-electron chi connectivity index (χ1n) is 6.88. The Morgan fingerprint density at radius 2 is 1.90 bits per heavy atom. The van der Waals surface area contributed by atoms with Crippen molar-refractivity contribution in [1.82, 2.24) is 0 Å². The van der Waals surface area contributed by atoms with E-state index in [1.165, 1.54) is 13.0 Å². The summed E-state index contributed by atoms with van der Waals surface area (Å²) in [5.41, 5.74) is 1.26. The summed E-state index contributed by atoms with van der Waals surface area (Å²) in [6.07, 6.45) is -0.0719. The second kappa shape index (κ2) is 6.59. The summed E-state index contributed by atoms with van der Waals surface area (Å²) in [5.74, 6) is 0.858. The van der Waals surface area contributed by atoms with Crippen LogP contribution in [0.4, 0.5) is 4.39 Å². The molecule has 0 radical (unpaired) electrons. The van der Waals surface area contributed by atoms with Crippen molar-refractivity contribution in [2.75, 3.05) is 7.11 Å². The molecule has 0 aliphatic heterocycles. The normalized spacial score (nSPS) is 12.0. The third-order valence-electron chi connectivity index (χ3n) is 3.29. The van der Waals surface area contributed by atoms with E-state index in [4.69, 9.17) is 9.47 Å². The summed E-state index contributed by atoms with van der Waals surface area (Å²) < 4.78 is 24.9. The fourth-order valence-electron chi connectivity index (χ4n) is 2.15. The summed E-state index contributed by atoms with van der Waals surface area (Å²) in [7, 11) is 1.56. The quantitative estimate of drug-likeness (QED) is 0.895. The van der Waals surface area contributed by atoms with Gasteiger partial charge in [-0.25, -0.2) is 4.39 Å². The van der Waals surface area contributed by atoms with Crippen LogP contribution in [-0.4, -0.2) is 12.2 Å². The van der Waals surface area contributed by atoms with E-state index in [9.17, 15) is 9.50 Å². The Labute approximate surface area is 124 Å². The number of hydrogen-bond acceptors (Lipinski definition) is 3. The zero-order chi connectivity index (χ0) is 15.4. The first-order valence-corrected chi connectivity index (χ1v) is 6.88. The van der Waals surface area contributed by atoms with Gasteiger partial charge in [0.25, 0.3) is 0 Å². The fourth-order valence-corrected chi connectivity index (χ4v) is 2.15. The third-order valence-corrected chi connectivity index (χ3v) is 3.29. The number of aryl methyl sites for hydroxylation is 1. The molecule has 3 nitrogen and oxygen atoms in total. The van der Waals surface area contributed by atoms with E-state index in [1.54, 1.807) is 25.3 Å². The molecule has 0 aromatic heterocycles. The Bertz CT molecular complexity index is 623. The molecule has 112 valence electrons. The maximum Gasteiger partial charge on any atom is 0.169 e. The van der Waals surface area contributed by atoms with E-state index in [0.717, 1.165) is 12.0 Å². The molecule has 0 aliphatic carbocycles. The van der Waals surface area contributed by atoms with Gasteiger partial charge in [-0.1, -0.05) is 19.1 Å². The molecule has 2 aromatic rings. The summed E-state index contributed by atoms with van der Waals surface area (Å²) >= 11 is 0. The lowest BCUT2D eigenvalue weighted by Crippen LogP contribution is -2.00. The van der Waals surface area contributed by atoms with E-state index in [2.05, 4.69) is 0 Å². The molecule has 0 saturated heterocycles. The van der Waals surface area contributed by atoms with Crippen molar-refractivity contribution in [3.8, 4) is 17.2 Å². The molecule has 0 bridgehead atoms. The topological polar surface area (TPSA) is 38.7 Å². The van der Waals surface area contributed by atoms with Gasteiger partial charge in [-0.3, -0.25) is 0 Å². The highest BCUT2D eigenvalue weighted by Crippen LogP contribution is 2.36. The molecule has 0 spiro atoms. The van der Waals surface area contributed by atoms with Crippen LogP contribution in [0.1, 0.15) is 31.1 Å². The summed E-state index contributed by atoms with van der Waals surface area (Å²) in [6.45, 7) is 3.55. The molecular formula is C17H19FO3. The van der Waals surface area contributed by atoms with Crippen LogP contribution in [0.3, 0.4) is 0 Å². The van der Waals surface area contributed by atoms with E-state index in [1.807, 2.05) is 19.1 Å². The van der Waals surface area contributed by atoms with Gasteiger partial charge in [0.1, 0.15) is 11.6 Å². The Kier molecular flexibility index (Phi) is 4.81. The smallest absolute Gasteiger partial charge is 0.169 e. The number of halogens is 1. The Hall–Kier alpha value is -2.07. The lowest BCUT2D eigenvalue weighted by atomic mass is 10.1. The number of rotatable bonds is 5. The molecule has 0 saturated carbocycles. The minimum Gasteiger partial charge on any atom is -0.493 e. The molecule has 1 atom stereocenters. The fraction of sp³-hybridized carbons (Fsp3) is 0.294. The minimum absolute atomic E-state index is 0.138. The van der Waals surface area contributed by atoms with E-state index < -0.39 is 11.9 Å². The van der Waals surface area contributed by atoms with Crippen LogP contribution in [-0.2, 0) is 6.42 Å². The Balaban J connectivity index is 2.41. The summed E-state index contributed by atoms with van der Waals surface area (Å²) in [4.78, 5) is 0. The molecule has 2 aromatic carbocycles. The maximum atomic E-state index is 13.8. The van der Waals surface area contributed by atoms with Crippen LogP contribution in [0.15, 0.2) is 36.4 Å². The van der Waals surface area contributed by atoms with Crippen molar-refractivity contribution in [3.05, 3.63) is 53.3 Å². The molecule has 1 unspecified atom stereocenters. The number of ether oxygens (including phenoxy) is 2. The minimum atomic E-state index is -0.956. The average molecular weight is 290 g/mol. The molecule has 4 heteroatoms. The van der Waals surface area contributed by atoms with E-state index in [-0.39, 0.29) is 11.3 Å². The molecule has 21 heavy (non-hydrogen) atoms. The molecular weight excluding hydrogens is 271 g/mol. The standard InChI is InChI=1S/C17H19FO3/c1-4-12-8-9-14(16(10-12)20-3)21-15-7-5-6-13(18)17(15)11(2)19/h5-11,19H,4H2,1-3H3. The number of benzene rings is 2. The third kappa shape index (κ3) is 3.34. The van der Waals surface area contributed by atoms with Gasteiger partial charge in [0.05, 0.1) is 18.8 Å². The average Bonchev–Trinajstić information content (AvgIpc) is 2.47. The second-order valence-electron chi connectivity index (χ2n) is 4.77. The van der Waals surface area contributed by atoms with Crippen molar-refractivity contribution in [2.24, 2.45) is 0 Å². The van der Waals surface area contributed by atoms with Gasteiger partial charge in [0.2, 0.25) is 0 Å². The van der Waals surface area contributed by atoms with Crippen LogP contribution in [0.2, 0.25) is 0 Å². The number of aliphatic hydroxyl groups excluding tert-OH is 1. The highest BCUT2D eigenvalue weighted by molar-refractivity contribution is 5.47. The predicted octanol–water partition coefficient (Wildman–Crippen LogP) is 4.24.